The van der Waals surface area contributed by atoms with Crippen LogP contribution < -0.4 is 0 Å². The molecule has 4 rings (SSSR count). The van der Waals surface area contributed by atoms with Crippen molar-refractivity contribution in [3.63, 3.8) is 0 Å². The maximum Gasteiger partial charge on any atom is 0.159 e. The van der Waals surface area contributed by atoms with Gasteiger partial charge in [-0.2, -0.15) is 10.2 Å². The van der Waals surface area contributed by atoms with Crippen LogP contribution in [0.1, 0.15) is 17.6 Å². The molecular weight excluding hydrogens is 342 g/mol. The molecule has 0 spiro atoms. The third-order valence-corrected chi connectivity index (χ3v) is 4.13. The van der Waals surface area contributed by atoms with Gasteiger partial charge in [-0.15, -0.1) is 0 Å². The Kier molecular flexibility index (Phi) is 5.21. The third kappa shape index (κ3) is 4.39. The lowest BCUT2D eigenvalue weighted by molar-refractivity contribution is 0.180. The van der Waals surface area contributed by atoms with Crippen molar-refractivity contribution in [3.05, 3.63) is 85.5 Å². The Balaban J connectivity index is 1.60. The second-order valence-corrected chi connectivity index (χ2v) is 6.04. The van der Waals surface area contributed by atoms with Crippen molar-refractivity contribution >= 4 is 0 Å². The normalized spacial score (nSPS) is 11.3. The molecule has 0 N–H and O–H groups in total. The highest BCUT2D eigenvalue weighted by atomic mass is 15.5. The topological polar surface area (TPSA) is 90.4 Å². The fourth-order valence-electron chi connectivity index (χ4n) is 2.89. The van der Waals surface area contributed by atoms with Gasteiger partial charge in [0.05, 0.1) is 11.4 Å². The van der Waals surface area contributed by atoms with Crippen molar-refractivity contribution < 1.29 is 0 Å². The molecule has 27 heavy (non-hydrogen) atoms. The first-order valence-electron chi connectivity index (χ1n) is 8.59. The first-order chi connectivity index (χ1) is 13.4. The monoisotopic (exact) mass is 361 g/mol. The molecule has 0 saturated heterocycles. The van der Waals surface area contributed by atoms with Gasteiger partial charge in [0, 0.05) is 32.0 Å². The number of pyridine rings is 2. The Hall–Kier alpha value is -3.46. The molecule has 0 aliphatic rings. The van der Waals surface area contributed by atoms with E-state index in [1.54, 1.807) is 34.4 Å². The number of hydrogen-bond donors (Lipinski definition) is 0. The van der Waals surface area contributed by atoms with E-state index >= 15 is 0 Å². The highest BCUT2D eigenvalue weighted by Gasteiger charge is 2.20. The average Bonchev–Trinajstić information content (AvgIpc) is 3.42. The van der Waals surface area contributed by atoms with E-state index in [2.05, 4.69) is 35.0 Å². The van der Waals surface area contributed by atoms with E-state index < -0.39 is 0 Å². The van der Waals surface area contributed by atoms with Crippen molar-refractivity contribution in [2.45, 2.75) is 19.3 Å². The van der Waals surface area contributed by atoms with Gasteiger partial charge in [0.2, 0.25) is 0 Å². The summed E-state index contributed by atoms with van der Waals surface area (Å²) in [6.07, 6.45) is 9.85. The largest absolute Gasteiger partial charge is 0.288 e. The maximum absolute atomic E-state index is 4.46. The quantitative estimate of drug-likeness (QED) is 0.469. The van der Waals surface area contributed by atoms with Crippen LogP contribution in [0.4, 0.5) is 0 Å². The second kappa shape index (κ2) is 8.28. The van der Waals surface area contributed by atoms with Crippen LogP contribution in [0.15, 0.2) is 74.1 Å². The van der Waals surface area contributed by atoms with E-state index in [1.807, 2.05) is 36.4 Å². The van der Waals surface area contributed by atoms with Gasteiger partial charge in [0.1, 0.15) is 25.3 Å². The highest BCUT2D eigenvalue weighted by molar-refractivity contribution is 5.06. The lowest BCUT2D eigenvalue weighted by Crippen LogP contribution is -2.35. The minimum atomic E-state index is -0.178. The summed E-state index contributed by atoms with van der Waals surface area (Å²) in [6, 6.07) is 11.9. The fourth-order valence-corrected chi connectivity index (χ4v) is 2.89. The molecule has 0 aliphatic heterocycles. The van der Waals surface area contributed by atoms with Gasteiger partial charge in [0.15, 0.2) is 6.17 Å². The van der Waals surface area contributed by atoms with E-state index in [9.17, 15) is 0 Å². The van der Waals surface area contributed by atoms with Gasteiger partial charge >= 0.3 is 0 Å². The lowest BCUT2D eigenvalue weighted by atomic mass is 10.2. The van der Waals surface area contributed by atoms with Gasteiger partial charge in [-0.3, -0.25) is 14.9 Å². The Labute approximate surface area is 156 Å². The molecule has 9 heteroatoms. The summed E-state index contributed by atoms with van der Waals surface area (Å²) in [5.41, 5.74) is 1.98. The number of rotatable bonds is 8. The Bertz CT molecular complexity index is 832. The van der Waals surface area contributed by atoms with Gasteiger partial charge in [0.25, 0.3) is 0 Å². The van der Waals surface area contributed by atoms with Crippen LogP contribution in [0.25, 0.3) is 0 Å². The molecule has 0 unspecified atom stereocenters. The third-order valence-electron chi connectivity index (χ3n) is 4.13. The molecule has 0 fully saturated rings. The van der Waals surface area contributed by atoms with Crippen molar-refractivity contribution in [3.8, 4) is 0 Å². The minimum Gasteiger partial charge on any atom is -0.288 e. The van der Waals surface area contributed by atoms with Crippen molar-refractivity contribution in [1.29, 1.82) is 0 Å². The first-order valence-corrected chi connectivity index (χ1v) is 8.59. The summed E-state index contributed by atoms with van der Waals surface area (Å²) < 4.78 is 3.55. The molecule has 9 nitrogen and oxygen atoms in total. The molecule has 4 aromatic rings. The fraction of sp³-hybridized carbons (Fsp3) is 0.222. The molecule has 0 radical (unpaired) electrons. The summed E-state index contributed by atoms with van der Waals surface area (Å²) in [6.45, 7) is 1.99. The predicted molar refractivity (Wildman–Crippen MR) is 97.1 cm³/mol. The summed E-state index contributed by atoms with van der Waals surface area (Å²) in [4.78, 5) is 19.3. The molecular formula is C18H19N9. The smallest absolute Gasteiger partial charge is 0.159 e. The molecule has 0 atom stereocenters. The maximum atomic E-state index is 4.46. The SMILES string of the molecule is c1ccc(CN(Cc2ccccn2)CC(n2cncn2)n2cncn2)nc1. The molecule has 4 aromatic heterocycles. The molecule has 0 bridgehead atoms. The van der Waals surface area contributed by atoms with E-state index in [-0.39, 0.29) is 6.17 Å². The Morgan fingerprint density at radius 1 is 0.778 bits per heavy atom. The summed E-state index contributed by atoms with van der Waals surface area (Å²) in [5.74, 6) is 0. The molecule has 0 aromatic carbocycles. The van der Waals surface area contributed by atoms with Gasteiger partial charge in [-0.25, -0.2) is 19.3 Å². The summed E-state index contributed by atoms with van der Waals surface area (Å²) >= 11 is 0. The Morgan fingerprint density at radius 3 is 1.74 bits per heavy atom. The zero-order chi connectivity index (χ0) is 18.3. The van der Waals surface area contributed by atoms with Crippen LogP contribution in [-0.4, -0.2) is 50.9 Å². The van der Waals surface area contributed by atoms with Crippen LogP contribution in [0.3, 0.4) is 0 Å². The van der Waals surface area contributed by atoms with E-state index in [4.69, 9.17) is 0 Å². The van der Waals surface area contributed by atoms with Gasteiger partial charge < -0.3 is 0 Å². The zero-order valence-electron chi connectivity index (χ0n) is 14.7. The molecule has 4 heterocycles. The van der Waals surface area contributed by atoms with Crippen molar-refractivity contribution in [2.24, 2.45) is 0 Å². The number of hydrogen-bond acceptors (Lipinski definition) is 7. The summed E-state index contributed by atoms with van der Waals surface area (Å²) in [7, 11) is 0. The van der Waals surface area contributed by atoms with Crippen molar-refractivity contribution in [1.82, 2.24) is 44.4 Å². The van der Waals surface area contributed by atoms with E-state index in [0.29, 0.717) is 19.6 Å². The molecule has 136 valence electrons. The van der Waals surface area contributed by atoms with Crippen LogP contribution in [0.2, 0.25) is 0 Å². The first kappa shape index (κ1) is 17.0. The van der Waals surface area contributed by atoms with Gasteiger partial charge in [-0.05, 0) is 24.3 Å². The Morgan fingerprint density at radius 2 is 1.33 bits per heavy atom. The van der Waals surface area contributed by atoms with Crippen molar-refractivity contribution in [2.75, 3.05) is 6.54 Å². The number of aromatic nitrogens is 8. The standard InChI is InChI=1S/C18H19N9/c1-3-7-21-16(5-1)9-25(10-17-6-2-4-8-22-17)11-18(26-14-19-12-23-26)27-15-20-13-24-27/h1-8,12-15,18H,9-11H2. The van der Waals surface area contributed by atoms with Gasteiger partial charge in [-0.1, -0.05) is 12.1 Å². The lowest BCUT2D eigenvalue weighted by Gasteiger charge is -2.27. The summed E-state index contributed by atoms with van der Waals surface area (Å²) in [5, 5.41) is 8.60. The molecule has 0 amide bonds. The van der Waals surface area contributed by atoms with E-state index in [1.165, 1.54) is 12.7 Å². The van der Waals surface area contributed by atoms with Crippen LogP contribution in [0.5, 0.6) is 0 Å². The molecule has 0 saturated carbocycles. The molecule has 0 aliphatic carbocycles. The predicted octanol–water partition coefficient (Wildman–Crippen LogP) is 1.41. The zero-order valence-corrected chi connectivity index (χ0v) is 14.7. The minimum absolute atomic E-state index is 0.178. The highest BCUT2D eigenvalue weighted by Crippen LogP contribution is 2.14. The average molecular weight is 361 g/mol. The second-order valence-electron chi connectivity index (χ2n) is 6.04. The van der Waals surface area contributed by atoms with Crippen LogP contribution in [0, 0.1) is 0 Å². The van der Waals surface area contributed by atoms with Crippen LogP contribution in [-0.2, 0) is 13.1 Å². The van der Waals surface area contributed by atoms with E-state index in [0.717, 1.165) is 11.4 Å². The number of nitrogens with zero attached hydrogens (tertiary/aromatic N) is 9. The van der Waals surface area contributed by atoms with Crippen LogP contribution >= 0.6 is 0 Å².